The number of carbonyl (C=O) groups is 2. The SMILES string of the molecule is CC(=O)c1ccc(NC(=O)C23CC4CC(C2)CC(c2ccc(C)cc2)(C4)C3)cc1. The molecule has 150 valence electrons. The monoisotopic (exact) mass is 387 g/mol. The summed E-state index contributed by atoms with van der Waals surface area (Å²) in [6.45, 7) is 3.70. The molecule has 4 aliphatic rings. The third-order valence-corrected chi connectivity index (χ3v) is 7.76. The molecule has 0 aromatic heterocycles. The van der Waals surface area contributed by atoms with Crippen LogP contribution in [0, 0.1) is 24.2 Å². The normalized spacial score (nSPS) is 32.2. The predicted octanol–water partition coefficient (Wildman–Crippen LogP) is 5.67. The van der Waals surface area contributed by atoms with E-state index in [1.54, 1.807) is 19.1 Å². The van der Waals surface area contributed by atoms with Gasteiger partial charge >= 0.3 is 0 Å². The van der Waals surface area contributed by atoms with Crippen molar-refractivity contribution in [2.75, 3.05) is 5.32 Å². The third-order valence-electron chi connectivity index (χ3n) is 7.76. The Hall–Kier alpha value is -2.42. The van der Waals surface area contributed by atoms with Gasteiger partial charge in [0.1, 0.15) is 0 Å². The number of hydrogen-bond acceptors (Lipinski definition) is 2. The quantitative estimate of drug-likeness (QED) is 0.687. The average Bonchev–Trinajstić information content (AvgIpc) is 2.68. The van der Waals surface area contributed by atoms with Crippen molar-refractivity contribution in [3.63, 3.8) is 0 Å². The van der Waals surface area contributed by atoms with Gasteiger partial charge in [0.25, 0.3) is 0 Å². The molecule has 1 N–H and O–H groups in total. The second kappa shape index (κ2) is 6.55. The molecule has 6 rings (SSSR count). The Bertz CT molecular complexity index is 943. The van der Waals surface area contributed by atoms with Crippen molar-refractivity contribution in [3.8, 4) is 0 Å². The van der Waals surface area contributed by atoms with Gasteiger partial charge in [-0.2, -0.15) is 0 Å². The van der Waals surface area contributed by atoms with Gasteiger partial charge in [0.05, 0.1) is 5.41 Å². The minimum atomic E-state index is -0.256. The highest BCUT2D eigenvalue weighted by Crippen LogP contribution is 2.66. The predicted molar refractivity (Wildman–Crippen MR) is 115 cm³/mol. The second-order valence-corrected chi connectivity index (χ2v) is 9.98. The van der Waals surface area contributed by atoms with Crippen LogP contribution in [0.4, 0.5) is 5.69 Å². The molecule has 2 aromatic carbocycles. The summed E-state index contributed by atoms with van der Waals surface area (Å²) in [5, 5.41) is 3.19. The Kier molecular flexibility index (Phi) is 4.20. The summed E-state index contributed by atoms with van der Waals surface area (Å²) in [5.41, 5.74) is 4.10. The maximum Gasteiger partial charge on any atom is 0.230 e. The van der Waals surface area contributed by atoms with E-state index in [-0.39, 0.29) is 22.5 Å². The minimum Gasteiger partial charge on any atom is -0.326 e. The summed E-state index contributed by atoms with van der Waals surface area (Å²) >= 11 is 0. The van der Waals surface area contributed by atoms with Gasteiger partial charge in [-0.15, -0.1) is 0 Å². The Morgan fingerprint density at radius 1 is 0.897 bits per heavy atom. The van der Waals surface area contributed by atoms with Gasteiger partial charge in [-0.3, -0.25) is 9.59 Å². The number of aryl methyl sites for hydroxylation is 1. The third kappa shape index (κ3) is 3.11. The van der Waals surface area contributed by atoms with Crippen LogP contribution in [-0.2, 0) is 10.2 Å². The highest BCUT2D eigenvalue weighted by Gasteiger charge is 2.60. The zero-order chi connectivity index (χ0) is 20.2. The van der Waals surface area contributed by atoms with Crippen molar-refractivity contribution in [2.24, 2.45) is 17.3 Å². The number of benzene rings is 2. The standard InChI is InChI=1S/C26H29NO2/c1-17-3-7-22(8-4-17)25-12-19-11-20(13-25)15-26(14-19,16-25)24(29)27-23-9-5-21(6-10-23)18(2)28/h3-10,19-20H,11-16H2,1-2H3,(H,27,29). The molecule has 3 nitrogen and oxygen atoms in total. The van der Waals surface area contributed by atoms with E-state index in [2.05, 4.69) is 36.5 Å². The van der Waals surface area contributed by atoms with Crippen LogP contribution in [0.2, 0.25) is 0 Å². The Balaban J connectivity index is 1.43. The van der Waals surface area contributed by atoms with Crippen molar-refractivity contribution in [1.82, 2.24) is 0 Å². The molecule has 2 aromatic rings. The topological polar surface area (TPSA) is 46.2 Å². The molecule has 0 aliphatic heterocycles. The average molecular weight is 388 g/mol. The Labute approximate surface area is 172 Å². The smallest absolute Gasteiger partial charge is 0.230 e. The van der Waals surface area contributed by atoms with Crippen molar-refractivity contribution in [2.45, 2.75) is 57.8 Å². The fourth-order valence-electron chi connectivity index (χ4n) is 6.83. The van der Waals surface area contributed by atoms with Crippen molar-refractivity contribution < 1.29 is 9.59 Å². The van der Waals surface area contributed by atoms with Crippen LogP contribution in [0.1, 0.15) is 66.9 Å². The molecule has 29 heavy (non-hydrogen) atoms. The van der Waals surface area contributed by atoms with Crippen LogP contribution in [0.5, 0.6) is 0 Å². The summed E-state index contributed by atoms with van der Waals surface area (Å²) in [6, 6.07) is 16.3. The van der Waals surface area contributed by atoms with E-state index in [1.807, 2.05) is 12.1 Å². The first-order valence-electron chi connectivity index (χ1n) is 10.9. The number of hydrogen-bond donors (Lipinski definition) is 1. The van der Waals surface area contributed by atoms with Gasteiger partial charge in [0.15, 0.2) is 5.78 Å². The van der Waals surface area contributed by atoms with Gasteiger partial charge < -0.3 is 5.32 Å². The largest absolute Gasteiger partial charge is 0.326 e. The summed E-state index contributed by atoms with van der Waals surface area (Å²) < 4.78 is 0. The van der Waals surface area contributed by atoms with Crippen LogP contribution in [0.3, 0.4) is 0 Å². The van der Waals surface area contributed by atoms with Crippen LogP contribution >= 0.6 is 0 Å². The number of nitrogens with one attached hydrogen (secondary N) is 1. The molecule has 4 saturated carbocycles. The summed E-state index contributed by atoms with van der Waals surface area (Å²) in [4.78, 5) is 25.0. The molecule has 0 saturated heterocycles. The highest BCUT2D eigenvalue weighted by atomic mass is 16.2. The number of rotatable bonds is 4. The molecule has 0 radical (unpaired) electrons. The van der Waals surface area contributed by atoms with Gasteiger partial charge in [-0.25, -0.2) is 0 Å². The van der Waals surface area contributed by atoms with E-state index in [9.17, 15) is 9.59 Å². The number of amides is 1. The van der Waals surface area contributed by atoms with Crippen LogP contribution in [-0.4, -0.2) is 11.7 Å². The van der Waals surface area contributed by atoms with Gasteiger partial charge in [0, 0.05) is 11.3 Å². The van der Waals surface area contributed by atoms with Gasteiger partial charge in [0.2, 0.25) is 5.91 Å². The molecule has 2 atom stereocenters. The fourth-order valence-corrected chi connectivity index (χ4v) is 6.83. The van der Waals surface area contributed by atoms with Crippen molar-refractivity contribution >= 4 is 17.4 Å². The molecular weight excluding hydrogens is 358 g/mol. The van der Waals surface area contributed by atoms with Gasteiger partial charge in [-0.05, 0) is 99.5 Å². The zero-order valence-electron chi connectivity index (χ0n) is 17.3. The number of anilines is 1. The maximum absolute atomic E-state index is 13.5. The van der Waals surface area contributed by atoms with E-state index in [0.29, 0.717) is 17.4 Å². The van der Waals surface area contributed by atoms with E-state index in [1.165, 1.54) is 30.4 Å². The van der Waals surface area contributed by atoms with E-state index >= 15 is 0 Å². The molecular formula is C26H29NO2. The lowest BCUT2D eigenvalue weighted by Crippen LogP contribution is -2.57. The van der Waals surface area contributed by atoms with Crippen molar-refractivity contribution in [3.05, 3.63) is 65.2 Å². The number of carbonyl (C=O) groups excluding carboxylic acids is 2. The van der Waals surface area contributed by atoms with Crippen LogP contribution in [0.25, 0.3) is 0 Å². The first-order chi connectivity index (χ1) is 13.9. The first-order valence-corrected chi connectivity index (χ1v) is 10.9. The molecule has 2 unspecified atom stereocenters. The lowest BCUT2D eigenvalue weighted by Gasteiger charge is -2.61. The summed E-state index contributed by atoms with van der Waals surface area (Å²) in [5.74, 6) is 1.54. The molecule has 1 amide bonds. The summed E-state index contributed by atoms with van der Waals surface area (Å²) in [6.07, 6.45) is 6.76. The molecule has 0 heterocycles. The van der Waals surface area contributed by atoms with Crippen molar-refractivity contribution in [1.29, 1.82) is 0 Å². The molecule has 4 aliphatic carbocycles. The fraction of sp³-hybridized carbons (Fsp3) is 0.462. The molecule has 3 heteroatoms. The van der Waals surface area contributed by atoms with E-state index < -0.39 is 0 Å². The molecule has 0 spiro atoms. The molecule has 4 bridgehead atoms. The lowest BCUT2D eigenvalue weighted by molar-refractivity contribution is -0.143. The highest BCUT2D eigenvalue weighted by molar-refractivity contribution is 5.97. The second-order valence-electron chi connectivity index (χ2n) is 9.98. The number of ketones is 1. The summed E-state index contributed by atoms with van der Waals surface area (Å²) in [7, 11) is 0. The maximum atomic E-state index is 13.5. The lowest BCUT2D eigenvalue weighted by atomic mass is 9.42. The van der Waals surface area contributed by atoms with Crippen LogP contribution < -0.4 is 5.32 Å². The minimum absolute atomic E-state index is 0.0454. The van der Waals surface area contributed by atoms with Crippen LogP contribution in [0.15, 0.2) is 48.5 Å². The van der Waals surface area contributed by atoms with E-state index in [4.69, 9.17) is 0 Å². The van der Waals surface area contributed by atoms with Gasteiger partial charge in [-0.1, -0.05) is 29.8 Å². The Morgan fingerprint density at radius 2 is 1.52 bits per heavy atom. The number of Topliss-reactive ketones (excluding diaryl/α,β-unsaturated/α-hetero) is 1. The van der Waals surface area contributed by atoms with E-state index in [0.717, 1.165) is 24.9 Å². The Morgan fingerprint density at radius 3 is 2.10 bits per heavy atom. The first kappa shape index (κ1) is 18.6. The molecule has 4 fully saturated rings. The zero-order valence-corrected chi connectivity index (χ0v) is 17.3.